The van der Waals surface area contributed by atoms with Gasteiger partial charge in [-0.1, -0.05) is 10.3 Å². The molecule has 6 nitrogen and oxygen atoms in total. The quantitative estimate of drug-likeness (QED) is 0.786. The van der Waals surface area contributed by atoms with E-state index in [4.69, 9.17) is 9.36 Å². The van der Waals surface area contributed by atoms with Crippen LogP contribution in [0.2, 0.25) is 0 Å². The molecule has 0 spiro atoms. The van der Waals surface area contributed by atoms with Crippen LogP contribution in [0.25, 0.3) is 11.0 Å². The van der Waals surface area contributed by atoms with E-state index in [1.807, 2.05) is 0 Å². The van der Waals surface area contributed by atoms with Crippen molar-refractivity contribution in [3.63, 3.8) is 0 Å². The number of hydrogen-bond acceptors (Lipinski definition) is 6. The average molecular weight is 391 g/mol. The van der Waals surface area contributed by atoms with Crippen LogP contribution in [-0.2, 0) is 20.4 Å². The lowest BCUT2D eigenvalue weighted by atomic mass is 10.1. The molecule has 1 aromatic carbocycles. The van der Waals surface area contributed by atoms with Gasteiger partial charge in [0.15, 0.2) is 10.6 Å². The molecule has 0 aliphatic carbocycles. The number of sulfone groups is 1. The van der Waals surface area contributed by atoms with E-state index < -0.39 is 21.3 Å². The summed E-state index contributed by atoms with van der Waals surface area (Å²) in [5, 5.41) is 7.81. The van der Waals surface area contributed by atoms with E-state index in [-0.39, 0.29) is 33.0 Å². The second kappa shape index (κ2) is 5.02. The van der Waals surface area contributed by atoms with Crippen LogP contribution < -0.4 is 0 Å². The van der Waals surface area contributed by atoms with E-state index in [2.05, 4.69) is 26.2 Å². The molecule has 2 aromatic rings. The Hall–Kier alpha value is -1.48. The van der Waals surface area contributed by atoms with Gasteiger partial charge in [-0.25, -0.2) is 12.8 Å². The van der Waals surface area contributed by atoms with Crippen LogP contribution in [-0.4, -0.2) is 24.2 Å². The topological polar surface area (TPSA) is 81.8 Å². The summed E-state index contributed by atoms with van der Waals surface area (Å²) < 4.78 is 43.4. The summed E-state index contributed by atoms with van der Waals surface area (Å²) in [6, 6.07) is 2.60. The van der Waals surface area contributed by atoms with Gasteiger partial charge >= 0.3 is 0 Å². The van der Waals surface area contributed by atoms with Crippen LogP contribution in [0.5, 0.6) is 0 Å². The Balaban J connectivity index is 1.95. The van der Waals surface area contributed by atoms with E-state index >= 15 is 0 Å². The molecular weight excluding hydrogens is 379 g/mol. The lowest BCUT2D eigenvalue weighted by molar-refractivity contribution is 0.0123. The van der Waals surface area contributed by atoms with Crippen LogP contribution in [0, 0.1) is 5.82 Å². The summed E-state index contributed by atoms with van der Waals surface area (Å²) in [6.45, 7) is 3.51. The van der Waals surface area contributed by atoms with Gasteiger partial charge < -0.3 is 9.36 Å². The number of aromatic nitrogens is 1. The summed E-state index contributed by atoms with van der Waals surface area (Å²) in [5.74, 6) is -0.885. The standard InChI is InChI=1S/C13H12BrFN2O4S/c1-13(2)5-12(17-21-13)22(18,19)6-10-7-3-8(14)9(15)4-11(7)20-16-10/h3-4H,5-6H2,1-2H3. The van der Waals surface area contributed by atoms with Crippen molar-refractivity contribution in [2.75, 3.05) is 0 Å². The summed E-state index contributed by atoms with van der Waals surface area (Å²) >= 11 is 3.06. The average Bonchev–Trinajstić information content (AvgIpc) is 2.95. The molecule has 0 fully saturated rings. The molecule has 2 heterocycles. The Morgan fingerprint density at radius 2 is 2.14 bits per heavy atom. The molecule has 0 radical (unpaired) electrons. The lowest BCUT2D eigenvalue weighted by Crippen LogP contribution is -2.23. The van der Waals surface area contributed by atoms with Gasteiger partial charge in [0, 0.05) is 17.9 Å². The Morgan fingerprint density at radius 1 is 1.41 bits per heavy atom. The predicted molar refractivity (Wildman–Crippen MR) is 81.5 cm³/mol. The molecule has 0 amide bonds. The molecule has 1 aliphatic rings. The lowest BCUT2D eigenvalue weighted by Gasteiger charge is -2.13. The number of nitrogens with zero attached hydrogens (tertiary/aromatic N) is 2. The number of halogens is 2. The van der Waals surface area contributed by atoms with Gasteiger partial charge in [0.1, 0.15) is 22.9 Å². The first-order valence-corrected chi connectivity index (χ1v) is 8.84. The van der Waals surface area contributed by atoms with Crippen molar-refractivity contribution in [2.45, 2.75) is 31.6 Å². The monoisotopic (exact) mass is 390 g/mol. The van der Waals surface area contributed by atoms with Gasteiger partial charge in [0.05, 0.1) is 4.47 Å². The molecule has 1 aliphatic heterocycles. The smallest absolute Gasteiger partial charge is 0.200 e. The molecular formula is C13H12BrFN2O4S. The van der Waals surface area contributed by atoms with Crippen molar-refractivity contribution in [1.82, 2.24) is 5.16 Å². The molecule has 0 N–H and O–H groups in total. The molecule has 0 unspecified atom stereocenters. The minimum Gasteiger partial charge on any atom is -0.389 e. The molecule has 9 heteroatoms. The highest BCUT2D eigenvalue weighted by atomic mass is 79.9. The maximum absolute atomic E-state index is 13.4. The molecule has 0 bridgehead atoms. The van der Waals surface area contributed by atoms with Crippen molar-refractivity contribution in [3.05, 3.63) is 28.1 Å². The predicted octanol–water partition coefficient (Wildman–Crippen LogP) is 3.16. The normalized spacial score (nSPS) is 17.5. The molecule has 118 valence electrons. The summed E-state index contributed by atoms with van der Waals surface area (Å²) in [4.78, 5) is 5.09. The minimum absolute atomic E-state index is 0.0187. The van der Waals surface area contributed by atoms with Crippen molar-refractivity contribution in [2.24, 2.45) is 5.16 Å². The third-order valence-corrected chi connectivity index (χ3v) is 5.44. The third-order valence-electron chi connectivity index (χ3n) is 3.24. The second-order valence-electron chi connectivity index (χ2n) is 5.66. The van der Waals surface area contributed by atoms with Crippen LogP contribution in [0.15, 0.2) is 26.3 Å². The third kappa shape index (κ3) is 2.74. The van der Waals surface area contributed by atoms with E-state index in [0.29, 0.717) is 5.39 Å². The van der Waals surface area contributed by atoms with E-state index in [1.165, 1.54) is 6.07 Å². The Kier molecular flexibility index (Phi) is 3.52. The van der Waals surface area contributed by atoms with Crippen LogP contribution in [0.3, 0.4) is 0 Å². The highest BCUT2D eigenvalue weighted by Crippen LogP contribution is 2.29. The Labute approximate surface area is 134 Å². The molecule has 1 aromatic heterocycles. The van der Waals surface area contributed by atoms with Gasteiger partial charge in [-0.3, -0.25) is 0 Å². The summed E-state index contributed by atoms with van der Waals surface area (Å²) in [6.07, 6.45) is 0.198. The Morgan fingerprint density at radius 3 is 2.77 bits per heavy atom. The fraction of sp³-hybridized carbons (Fsp3) is 0.385. The number of hydrogen-bond donors (Lipinski definition) is 0. The van der Waals surface area contributed by atoms with Gasteiger partial charge in [-0.15, -0.1) is 0 Å². The highest BCUT2D eigenvalue weighted by molar-refractivity contribution is 9.10. The first kappa shape index (κ1) is 15.4. The molecule has 0 saturated carbocycles. The minimum atomic E-state index is -3.67. The van der Waals surface area contributed by atoms with Gasteiger partial charge in [-0.05, 0) is 35.8 Å². The number of rotatable bonds is 2. The summed E-state index contributed by atoms with van der Waals surface area (Å²) in [5.41, 5.74) is -0.237. The van der Waals surface area contributed by atoms with Crippen LogP contribution in [0.1, 0.15) is 26.0 Å². The SMILES string of the molecule is CC1(C)CC(S(=O)(=O)Cc2noc3cc(F)c(Br)cc23)=NO1. The zero-order valence-corrected chi connectivity index (χ0v) is 14.2. The number of fused-ring (bicyclic) bond motifs is 1. The Bertz CT molecular complexity index is 889. The van der Waals surface area contributed by atoms with Crippen molar-refractivity contribution >= 4 is 41.8 Å². The van der Waals surface area contributed by atoms with E-state index in [9.17, 15) is 12.8 Å². The van der Waals surface area contributed by atoms with E-state index in [1.54, 1.807) is 13.8 Å². The first-order valence-electron chi connectivity index (χ1n) is 6.39. The first-order chi connectivity index (χ1) is 10.2. The molecule has 0 saturated heterocycles. The molecule has 22 heavy (non-hydrogen) atoms. The number of benzene rings is 1. The molecule has 3 rings (SSSR count). The largest absolute Gasteiger partial charge is 0.389 e. The van der Waals surface area contributed by atoms with Gasteiger partial charge in [0.25, 0.3) is 0 Å². The van der Waals surface area contributed by atoms with Gasteiger partial charge in [-0.2, -0.15) is 0 Å². The highest BCUT2D eigenvalue weighted by Gasteiger charge is 2.36. The van der Waals surface area contributed by atoms with Crippen molar-refractivity contribution < 1.29 is 22.2 Å². The van der Waals surface area contributed by atoms with Crippen molar-refractivity contribution in [3.8, 4) is 0 Å². The van der Waals surface area contributed by atoms with Crippen molar-refractivity contribution in [1.29, 1.82) is 0 Å². The zero-order valence-electron chi connectivity index (χ0n) is 11.8. The van der Waals surface area contributed by atoms with Gasteiger partial charge in [0.2, 0.25) is 9.84 Å². The summed E-state index contributed by atoms with van der Waals surface area (Å²) in [7, 11) is -3.67. The fourth-order valence-electron chi connectivity index (χ4n) is 2.12. The maximum Gasteiger partial charge on any atom is 0.200 e. The maximum atomic E-state index is 13.4. The molecule has 0 atom stereocenters. The van der Waals surface area contributed by atoms with Crippen LogP contribution >= 0.6 is 15.9 Å². The van der Waals surface area contributed by atoms with Crippen LogP contribution in [0.4, 0.5) is 4.39 Å². The fourth-order valence-corrected chi connectivity index (χ4v) is 3.92. The second-order valence-corrected chi connectivity index (χ2v) is 8.51. The number of oxime groups is 1. The van der Waals surface area contributed by atoms with E-state index in [0.717, 1.165) is 6.07 Å². The zero-order chi connectivity index (χ0) is 16.1.